The molecule has 4 nitrogen and oxygen atoms in total. The second-order valence-electron chi connectivity index (χ2n) is 4.79. The standard InChI is InChI=1S/C14H19BrN2O2/c1-10-2-3-13(12(15)8-10)16-9-14(18)17-11-4-6-19-7-5-11/h2-3,8,11,16H,4-7,9H2,1H3,(H,17,18). The maximum absolute atomic E-state index is 11.8. The normalized spacial score (nSPS) is 16.1. The quantitative estimate of drug-likeness (QED) is 0.893. The minimum atomic E-state index is 0.0272. The van der Waals surface area contributed by atoms with Gasteiger partial charge in [-0.3, -0.25) is 4.79 Å². The third kappa shape index (κ3) is 4.51. The molecule has 2 N–H and O–H groups in total. The lowest BCUT2D eigenvalue weighted by molar-refractivity contribution is -0.120. The molecule has 0 spiro atoms. The molecule has 5 heteroatoms. The summed E-state index contributed by atoms with van der Waals surface area (Å²) in [5.41, 5.74) is 2.12. The highest BCUT2D eigenvalue weighted by Crippen LogP contribution is 2.22. The third-order valence-electron chi connectivity index (χ3n) is 3.15. The van der Waals surface area contributed by atoms with Gasteiger partial charge in [0.15, 0.2) is 0 Å². The number of anilines is 1. The summed E-state index contributed by atoms with van der Waals surface area (Å²) in [6.07, 6.45) is 1.81. The van der Waals surface area contributed by atoms with Gasteiger partial charge in [0.1, 0.15) is 0 Å². The zero-order valence-electron chi connectivity index (χ0n) is 11.0. The van der Waals surface area contributed by atoms with Crippen molar-refractivity contribution in [3.05, 3.63) is 28.2 Å². The van der Waals surface area contributed by atoms with Crippen LogP contribution in [0.4, 0.5) is 5.69 Å². The lowest BCUT2D eigenvalue weighted by Crippen LogP contribution is -2.41. The van der Waals surface area contributed by atoms with Gasteiger partial charge in [-0.05, 0) is 53.4 Å². The van der Waals surface area contributed by atoms with Crippen molar-refractivity contribution < 1.29 is 9.53 Å². The SMILES string of the molecule is Cc1ccc(NCC(=O)NC2CCOCC2)c(Br)c1. The number of carbonyl (C=O) groups is 1. The highest BCUT2D eigenvalue weighted by Gasteiger charge is 2.15. The van der Waals surface area contributed by atoms with E-state index in [-0.39, 0.29) is 11.9 Å². The van der Waals surface area contributed by atoms with Gasteiger partial charge in [0.2, 0.25) is 5.91 Å². The van der Waals surface area contributed by atoms with E-state index in [1.807, 2.05) is 25.1 Å². The van der Waals surface area contributed by atoms with Gasteiger partial charge in [-0.25, -0.2) is 0 Å². The number of hydrogen-bond donors (Lipinski definition) is 2. The molecule has 1 aliphatic heterocycles. The minimum Gasteiger partial charge on any atom is -0.381 e. The van der Waals surface area contributed by atoms with Crippen LogP contribution in [0.25, 0.3) is 0 Å². The zero-order chi connectivity index (χ0) is 13.7. The van der Waals surface area contributed by atoms with Gasteiger partial charge < -0.3 is 15.4 Å². The number of rotatable bonds is 4. The van der Waals surface area contributed by atoms with Crippen molar-refractivity contribution in [3.63, 3.8) is 0 Å². The molecule has 1 heterocycles. The molecule has 0 saturated carbocycles. The Morgan fingerprint density at radius 1 is 1.42 bits per heavy atom. The molecule has 0 aliphatic carbocycles. The predicted molar refractivity (Wildman–Crippen MR) is 79.4 cm³/mol. The first kappa shape index (κ1) is 14.3. The molecule has 1 amide bonds. The van der Waals surface area contributed by atoms with Crippen molar-refractivity contribution in [1.29, 1.82) is 0 Å². The predicted octanol–water partition coefficient (Wildman–Crippen LogP) is 2.46. The van der Waals surface area contributed by atoms with Crippen LogP contribution in [0.15, 0.2) is 22.7 Å². The van der Waals surface area contributed by atoms with E-state index in [4.69, 9.17) is 4.74 Å². The molecule has 1 aliphatic rings. The van der Waals surface area contributed by atoms with Crippen LogP contribution in [-0.4, -0.2) is 31.7 Å². The van der Waals surface area contributed by atoms with Gasteiger partial charge in [-0.2, -0.15) is 0 Å². The lowest BCUT2D eigenvalue weighted by atomic mass is 10.1. The number of amides is 1. The maximum Gasteiger partial charge on any atom is 0.239 e. The Morgan fingerprint density at radius 3 is 2.84 bits per heavy atom. The Kier molecular flexibility index (Phi) is 5.22. The molecule has 2 rings (SSSR count). The second-order valence-corrected chi connectivity index (χ2v) is 5.65. The van der Waals surface area contributed by atoms with Gasteiger partial charge in [-0.1, -0.05) is 6.07 Å². The summed E-state index contributed by atoms with van der Waals surface area (Å²) < 4.78 is 6.24. The number of halogens is 1. The van der Waals surface area contributed by atoms with E-state index in [1.165, 1.54) is 5.56 Å². The van der Waals surface area contributed by atoms with Crippen molar-refractivity contribution >= 4 is 27.5 Å². The van der Waals surface area contributed by atoms with E-state index in [0.717, 1.165) is 36.2 Å². The number of hydrogen-bond acceptors (Lipinski definition) is 3. The summed E-state index contributed by atoms with van der Waals surface area (Å²) in [5.74, 6) is 0.0272. The van der Waals surface area contributed by atoms with Crippen molar-refractivity contribution in [1.82, 2.24) is 5.32 Å². The first-order valence-corrected chi connectivity index (χ1v) is 7.31. The van der Waals surface area contributed by atoms with Crippen LogP contribution in [0.3, 0.4) is 0 Å². The van der Waals surface area contributed by atoms with E-state index < -0.39 is 0 Å². The molecule has 1 saturated heterocycles. The van der Waals surface area contributed by atoms with Crippen LogP contribution >= 0.6 is 15.9 Å². The minimum absolute atomic E-state index is 0.0272. The summed E-state index contributed by atoms with van der Waals surface area (Å²) in [6, 6.07) is 6.27. The fourth-order valence-electron chi connectivity index (χ4n) is 2.06. The molecule has 0 unspecified atom stereocenters. The Hall–Kier alpha value is -1.07. The highest BCUT2D eigenvalue weighted by atomic mass is 79.9. The summed E-state index contributed by atoms with van der Waals surface area (Å²) in [7, 11) is 0. The molecule has 0 radical (unpaired) electrons. The Morgan fingerprint density at radius 2 is 2.16 bits per heavy atom. The van der Waals surface area contributed by atoms with Crippen LogP contribution < -0.4 is 10.6 Å². The molecule has 1 fully saturated rings. The number of benzene rings is 1. The van der Waals surface area contributed by atoms with Crippen LogP contribution in [0.2, 0.25) is 0 Å². The molecule has 0 bridgehead atoms. The molecular formula is C14H19BrN2O2. The Bertz CT molecular complexity index is 445. The monoisotopic (exact) mass is 326 g/mol. The molecular weight excluding hydrogens is 308 g/mol. The van der Waals surface area contributed by atoms with Crippen molar-refractivity contribution in [3.8, 4) is 0 Å². The number of ether oxygens (including phenoxy) is 1. The Labute approximate surface area is 122 Å². The van der Waals surface area contributed by atoms with E-state index in [1.54, 1.807) is 0 Å². The molecule has 19 heavy (non-hydrogen) atoms. The largest absolute Gasteiger partial charge is 0.381 e. The Balaban J connectivity index is 1.79. The first-order valence-electron chi connectivity index (χ1n) is 6.52. The van der Waals surface area contributed by atoms with Crippen LogP contribution in [0.1, 0.15) is 18.4 Å². The lowest BCUT2D eigenvalue weighted by Gasteiger charge is -2.23. The summed E-state index contributed by atoms with van der Waals surface area (Å²) in [4.78, 5) is 11.8. The average molecular weight is 327 g/mol. The molecule has 1 aromatic rings. The van der Waals surface area contributed by atoms with E-state index in [2.05, 4.69) is 26.6 Å². The molecule has 0 aromatic heterocycles. The summed E-state index contributed by atoms with van der Waals surface area (Å²) >= 11 is 3.49. The number of aryl methyl sites for hydroxylation is 1. The van der Waals surface area contributed by atoms with Gasteiger partial charge in [0.25, 0.3) is 0 Å². The van der Waals surface area contributed by atoms with E-state index in [9.17, 15) is 4.79 Å². The molecule has 0 atom stereocenters. The van der Waals surface area contributed by atoms with Crippen molar-refractivity contribution in [2.75, 3.05) is 25.1 Å². The maximum atomic E-state index is 11.8. The third-order valence-corrected chi connectivity index (χ3v) is 3.81. The average Bonchev–Trinajstić information content (AvgIpc) is 2.39. The van der Waals surface area contributed by atoms with Crippen molar-refractivity contribution in [2.45, 2.75) is 25.8 Å². The number of nitrogens with one attached hydrogen (secondary N) is 2. The zero-order valence-corrected chi connectivity index (χ0v) is 12.6. The van der Waals surface area contributed by atoms with Gasteiger partial charge in [0.05, 0.1) is 6.54 Å². The number of carbonyl (C=O) groups excluding carboxylic acids is 1. The van der Waals surface area contributed by atoms with Gasteiger partial charge in [0, 0.05) is 29.4 Å². The summed E-state index contributed by atoms with van der Waals surface area (Å²) in [5, 5.41) is 6.16. The van der Waals surface area contributed by atoms with Gasteiger partial charge >= 0.3 is 0 Å². The van der Waals surface area contributed by atoms with Crippen LogP contribution in [0, 0.1) is 6.92 Å². The molecule has 104 valence electrons. The van der Waals surface area contributed by atoms with Crippen LogP contribution in [-0.2, 0) is 9.53 Å². The van der Waals surface area contributed by atoms with Crippen LogP contribution in [0.5, 0.6) is 0 Å². The van der Waals surface area contributed by atoms with E-state index in [0.29, 0.717) is 6.54 Å². The first-order chi connectivity index (χ1) is 9.15. The second kappa shape index (κ2) is 6.91. The molecule has 1 aromatic carbocycles. The topological polar surface area (TPSA) is 50.4 Å². The smallest absolute Gasteiger partial charge is 0.239 e. The fraction of sp³-hybridized carbons (Fsp3) is 0.500. The summed E-state index contributed by atoms with van der Waals surface area (Å²) in [6.45, 7) is 3.80. The van der Waals surface area contributed by atoms with E-state index >= 15 is 0 Å². The fourth-order valence-corrected chi connectivity index (χ4v) is 2.69. The van der Waals surface area contributed by atoms with Gasteiger partial charge in [-0.15, -0.1) is 0 Å². The highest BCUT2D eigenvalue weighted by molar-refractivity contribution is 9.10. The van der Waals surface area contributed by atoms with Crippen molar-refractivity contribution in [2.24, 2.45) is 0 Å².